The van der Waals surface area contributed by atoms with E-state index in [1.54, 1.807) is 0 Å². The van der Waals surface area contributed by atoms with Crippen LogP contribution >= 0.6 is 0 Å². The second kappa shape index (κ2) is 35.4. The molecule has 0 radical (unpaired) electrons. The van der Waals surface area contributed by atoms with Crippen molar-refractivity contribution in [2.45, 2.75) is 0 Å². The highest BCUT2D eigenvalue weighted by Crippen LogP contribution is 2.52. The highest BCUT2D eigenvalue weighted by Gasteiger charge is 2.27. The molecule has 17 aromatic carbocycles. The molecule has 0 spiro atoms. The first-order valence-electron chi connectivity index (χ1n) is 41.1. The molecule has 0 nitrogen and oxygen atoms in total. The Morgan fingerprint density at radius 1 is 0.115 bits per heavy atom. The van der Waals surface area contributed by atoms with E-state index in [9.17, 15) is 0 Å². The number of hydrogen-bond donors (Lipinski definition) is 0. The van der Waals surface area contributed by atoms with Crippen molar-refractivity contribution < 1.29 is 0 Å². The van der Waals surface area contributed by atoms with Gasteiger partial charge < -0.3 is 0 Å². The number of hydrogen-bond acceptors (Lipinski definition) is 0. The third-order valence-corrected chi connectivity index (χ3v) is 23.9. The van der Waals surface area contributed by atoms with Gasteiger partial charge in [-0.1, -0.05) is 265 Å². The Hall–Kier alpha value is -19.8. The van der Waals surface area contributed by atoms with Crippen molar-refractivity contribution in [1.82, 2.24) is 0 Å². The van der Waals surface area contributed by atoms with Crippen LogP contribution in [-0.4, -0.2) is 0 Å². The smallest absolute Gasteiger partial charge is 0.0477 e. The number of fused-ring (bicyclic) bond motifs is 2. The first kappa shape index (κ1) is 82.5. The largest absolute Gasteiger partial charge is 0.115 e. The zero-order valence-electron chi connectivity index (χ0n) is 70.1. The Bertz CT molecular complexity index is 7920. The maximum atomic E-state index is 6.60. The molecule has 0 heteroatoms. The third kappa shape index (κ3) is 14.6. The summed E-state index contributed by atoms with van der Waals surface area (Å²) in [6, 6.07) is 101. The molecule has 130 heavy (non-hydrogen) atoms. The van der Waals surface area contributed by atoms with Crippen molar-refractivity contribution in [3.63, 3.8) is 0 Å². The fraction of sp³-hybridized carbons (Fsp3) is 0. The summed E-state index contributed by atoms with van der Waals surface area (Å²) in [5, 5.41) is 3.57. The Labute approximate surface area is 761 Å². The van der Waals surface area contributed by atoms with E-state index in [0.717, 1.165) is 166 Å². The minimum Gasteiger partial charge on any atom is -0.115 e. The van der Waals surface area contributed by atoms with E-state index < -0.39 is 0 Å². The summed E-state index contributed by atoms with van der Waals surface area (Å²) in [7, 11) is 0. The molecule has 17 rings (SSSR count). The molecule has 0 fully saturated rings. The van der Waals surface area contributed by atoms with Crippen LogP contribution in [0.2, 0.25) is 0 Å². The summed E-state index contributed by atoms with van der Waals surface area (Å²) in [4.78, 5) is 0. The number of terminal acetylenes is 16. The van der Waals surface area contributed by atoms with Crippen LogP contribution in [0.5, 0.6) is 0 Å². The van der Waals surface area contributed by atoms with Gasteiger partial charge in [-0.15, -0.1) is 103 Å². The predicted molar refractivity (Wildman–Crippen MR) is 545 cm³/mol. The lowest BCUT2D eigenvalue weighted by Crippen LogP contribution is -1.97. The third-order valence-electron chi connectivity index (χ3n) is 23.9. The highest BCUT2D eigenvalue weighted by atomic mass is 14.3. The lowest BCUT2D eigenvalue weighted by atomic mass is 9.81. The van der Waals surface area contributed by atoms with Gasteiger partial charge in [-0.25, -0.2) is 0 Å². The van der Waals surface area contributed by atoms with Crippen molar-refractivity contribution in [3.8, 4) is 353 Å². The average molecular weight is 1630 g/mol. The molecule has 0 saturated heterocycles. The van der Waals surface area contributed by atoms with Gasteiger partial charge in [-0.3, -0.25) is 0 Å². The molecular formula is C130H66. The summed E-state index contributed by atoms with van der Waals surface area (Å²) in [6.45, 7) is 0. The zero-order chi connectivity index (χ0) is 90.4. The van der Waals surface area contributed by atoms with Crippen LogP contribution in [0.15, 0.2) is 303 Å². The molecule has 0 heterocycles. The van der Waals surface area contributed by atoms with Crippen molar-refractivity contribution in [2.24, 2.45) is 0 Å². The molecule has 0 aliphatic rings. The topological polar surface area (TPSA) is 0 Å². The van der Waals surface area contributed by atoms with Crippen LogP contribution < -0.4 is 0 Å². The van der Waals surface area contributed by atoms with Gasteiger partial charge in [0.1, 0.15) is 0 Å². The van der Waals surface area contributed by atoms with Crippen LogP contribution in [-0.2, 0) is 0 Å². The van der Waals surface area contributed by atoms with Gasteiger partial charge in [-0.2, -0.15) is 0 Å². The molecule has 0 amide bonds. The van der Waals surface area contributed by atoms with E-state index in [-0.39, 0.29) is 0 Å². The molecule has 0 aliphatic carbocycles. The van der Waals surface area contributed by atoms with Gasteiger partial charge in [0.15, 0.2) is 0 Å². The Morgan fingerprint density at radius 2 is 0.292 bits per heavy atom. The second-order valence-corrected chi connectivity index (χ2v) is 30.7. The maximum absolute atomic E-state index is 6.60. The van der Waals surface area contributed by atoms with E-state index in [1.165, 1.54) is 0 Å². The van der Waals surface area contributed by atoms with Crippen molar-refractivity contribution in [3.05, 3.63) is 392 Å². The molecule has 0 saturated carbocycles. The quantitative estimate of drug-likeness (QED) is 0.0752. The molecule has 586 valence electrons. The van der Waals surface area contributed by atoms with Gasteiger partial charge in [0.2, 0.25) is 0 Å². The molecule has 0 aliphatic heterocycles. The van der Waals surface area contributed by atoms with Crippen LogP contribution in [0.1, 0.15) is 89.0 Å². The first-order valence-corrected chi connectivity index (χ1v) is 41.1. The number of benzene rings is 17. The Balaban J connectivity index is 1.03. The molecular weight excluding hydrogens is 1560 g/mol. The standard InChI is InChI=1S/C130H66/c1-17-83-45-37-57-113(105(83)25-9)91-65-67-121(119-63-43-51-89(23-7)111(119)31-15)127(81-91)101-78-102(128-82-92(114-58-38-46-84(18-2)106(114)26-10)66-68-122(128)120-64-44-52-90(24-8)112(120)32-16)80-104(79-101)130-125-55-35-33-53-123(125)129(124-54-34-36-56-126(124)130)103-74-93(95-70-97(115-59-39-47-85(19-3)107(115)27-11)76-98(71-95)116-60-40-48-86(20-4)108(116)28-12)69-94(75-103)96-72-99(117-61-41-49-87(21-5)109(117)29-13)77-100(73-96)118-62-42-50-88(22-6)110(118)30-14/h1-16,33-82H. The van der Waals surface area contributed by atoms with Gasteiger partial charge >= 0.3 is 0 Å². The van der Waals surface area contributed by atoms with E-state index in [1.807, 2.05) is 158 Å². The Morgan fingerprint density at radius 3 is 0.515 bits per heavy atom. The summed E-state index contributed by atoms with van der Waals surface area (Å²) in [5.74, 6) is 46.4. The van der Waals surface area contributed by atoms with Crippen LogP contribution in [0.4, 0.5) is 0 Å². The van der Waals surface area contributed by atoms with Crippen LogP contribution in [0.3, 0.4) is 0 Å². The molecule has 0 bridgehead atoms. The summed E-state index contributed by atoms with van der Waals surface area (Å²) in [5.41, 5.74) is 30.2. The monoisotopic (exact) mass is 1630 g/mol. The minimum atomic E-state index is 0.528. The lowest BCUT2D eigenvalue weighted by molar-refractivity contribution is 1.50. The van der Waals surface area contributed by atoms with E-state index in [2.05, 4.69) is 240 Å². The number of rotatable bonds is 14. The zero-order valence-corrected chi connectivity index (χ0v) is 70.1. The van der Waals surface area contributed by atoms with E-state index in [4.69, 9.17) is 103 Å². The lowest BCUT2D eigenvalue weighted by Gasteiger charge is -2.22. The predicted octanol–water partition coefficient (Wildman–Crippen LogP) is 27.0. The molecule has 0 N–H and O–H groups in total. The van der Waals surface area contributed by atoms with Crippen molar-refractivity contribution in [2.75, 3.05) is 0 Å². The average Bonchev–Trinajstić information content (AvgIpc) is 0.724. The van der Waals surface area contributed by atoms with E-state index >= 15 is 0 Å². The molecule has 0 aromatic heterocycles. The van der Waals surface area contributed by atoms with Gasteiger partial charge in [0, 0.05) is 89.0 Å². The summed E-state index contributed by atoms with van der Waals surface area (Å²) in [6.07, 6.45) is 102. The fourth-order valence-corrected chi connectivity index (χ4v) is 18.0. The van der Waals surface area contributed by atoms with Gasteiger partial charge in [0.05, 0.1) is 0 Å². The first-order chi connectivity index (χ1) is 63.7. The Kier molecular flexibility index (Phi) is 22.4. The summed E-state index contributed by atoms with van der Waals surface area (Å²) >= 11 is 0. The van der Waals surface area contributed by atoms with Gasteiger partial charge in [-0.05, 0) is 311 Å². The van der Waals surface area contributed by atoms with Crippen LogP contribution in [0.25, 0.3) is 177 Å². The van der Waals surface area contributed by atoms with Crippen molar-refractivity contribution in [1.29, 1.82) is 0 Å². The highest BCUT2D eigenvalue weighted by molar-refractivity contribution is 6.22. The van der Waals surface area contributed by atoms with Crippen molar-refractivity contribution >= 4 is 21.5 Å². The summed E-state index contributed by atoms with van der Waals surface area (Å²) < 4.78 is 0. The maximum Gasteiger partial charge on any atom is 0.0477 e. The molecule has 0 unspecified atom stereocenters. The van der Waals surface area contributed by atoms with Crippen LogP contribution in [0, 0.1) is 198 Å². The normalized spacial score (nSPS) is 10.3. The SMILES string of the molecule is C#Cc1cccc(-c2cc(-c3cc(-c4cc(-c5cccc(C#C)c5C#C)cc(-c5cccc(C#C)c5C#C)c4)cc(-c4c5ccccc5c(-c5cc(-c6cc(-c7cccc(C#C)c7C#C)ccc6-c6cccc(C#C)c6C#C)cc(-c6cc(-c7cccc(C#C)c7C#C)ccc6-c6cccc(C#C)c6C#C)c5)c5ccccc45)c3)cc(-c3cccc(C#C)c3C#C)c2)c1C#C. The van der Waals surface area contributed by atoms with E-state index in [0.29, 0.717) is 100 Å². The molecule has 0 atom stereocenters. The molecule has 17 aromatic rings. The second-order valence-electron chi connectivity index (χ2n) is 30.7. The minimum absolute atomic E-state index is 0.528. The fourth-order valence-electron chi connectivity index (χ4n) is 18.0. The van der Waals surface area contributed by atoms with Gasteiger partial charge in [0.25, 0.3) is 0 Å².